The average molecular weight is 247 g/mol. The minimum Gasteiger partial charge on any atom is -0.493 e. The smallest absolute Gasteiger partial charge is 0.122 e. The van der Waals surface area contributed by atoms with Gasteiger partial charge in [-0.05, 0) is 49.8 Å². The zero-order valence-corrected chi connectivity index (χ0v) is 11.8. The fourth-order valence-corrected chi connectivity index (χ4v) is 2.91. The van der Waals surface area contributed by atoms with Crippen molar-refractivity contribution >= 4 is 0 Å². The van der Waals surface area contributed by atoms with E-state index in [0.29, 0.717) is 12.0 Å². The molecule has 1 aromatic carbocycles. The predicted molar refractivity (Wildman–Crippen MR) is 76.2 cm³/mol. The summed E-state index contributed by atoms with van der Waals surface area (Å²) in [6.45, 7) is 5.45. The molecule has 0 aromatic heterocycles. The third-order valence-electron chi connectivity index (χ3n) is 3.82. The molecule has 0 saturated heterocycles. The van der Waals surface area contributed by atoms with Crippen LogP contribution in [0.3, 0.4) is 0 Å². The zero-order chi connectivity index (χ0) is 13.0. The molecule has 0 radical (unpaired) electrons. The van der Waals surface area contributed by atoms with Crippen molar-refractivity contribution in [2.45, 2.75) is 45.1 Å². The number of ether oxygens (including phenoxy) is 1. The van der Waals surface area contributed by atoms with Gasteiger partial charge in [-0.2, -0.15) is 0 Å². The van der Waals surface area contributed by atoms with E-state index in [-0.39, 0.29) is 0 Å². The number of hydrogen-bond acceptors (Lipinski definition) is 2. The van der Waals surface area contributed by atoms with Crippen molar-refractivity contribution < 1.29 is 4.74 Å². The van der Waals surface area contributed by atoms with Crippen LogP contribution in [0.2, 0.25) is 0 Å². The van der Waals surface area contributed by atoms with Crippen molar-refractivity contribution in [2.75, 3.05) is 13.7 Å². The molecule has 100 valence electrons. The largest absolute Gasteiger partial charge is 0.493 e. The molecular formula is C16H25NO. The van der Waals surface area contributed by atoms with E-state index in [1.54, 1.807) is 0 Å². The summed E-state index contributed by atoms with van der Waals surface area (Å²) in [7, 11) is 2.08. The first-order chi connectivity index (χ1) is 8.70. The van der Waals surface area contributed by atoms with E-state index in [1.807, 2.05) is 0 Å². The fraction of sp³-hybridized carbons (Fsp3) is 0.625. The Kier molecular flexibility index (Phi) is 4.65. The Bertz CT molecular complexity index is 375. The van der Waals surface area contributed by atoms with Crippen LogP contribution in [0.25, 0.3) is 0 Å². The lowest BCUT2D eigenvalue weighted by Crippen LogP contribution is -2.30. The lowest BCUT2D eigenvalue weighted by atomic mass is 9.85. The van der Waals surface area contributed by atoms with Crippen LogP contribution in [-0.2, 0) is 0 Å². The topological polar surface area (TPSA) is 21.3 Å². The molecule has 0 saturated carbocycles. The molecular weight excluding hydrogens is 222 g/mol. The highest BCUT2D eigenvalue weighted by Gasteiger charge is 2.24. The first kappa shape index (κ1) is 13.4. The molecule has 2 rings (SSSR count). The van der Waals surface area contributed by atoms with Gasteiger partial charge in [0.25, 0.3) is 0 Å². The lowest BCUT2D eigenvalue weighted by Gasteiger charge is -2.29. The van der Waals surface area contributed by atoms with Gasteiger partial charge in [-0.15, -0.1) is 0 Å². The van der Waals surface area contributed by atoms with Crippen molar-refractivity contribution in [1.82, 2.24) is 5.32 Å². The predicted octanol–water partition coefficient (Wildman–Crippen LogP) is 3.58. The molecule has 0 amide bonds. The highest BCUT2D eigenvalue weighted by atomic mass is 16.5. The highest BCUT2D eigenvalue weighted by Crippen LogP contribution is 2.36. The van der Waals surface area contributed by atoms with Gasteiger partial charge in [-0.25, -0.2) is 0 Å². The number of para-hydroxylation sites is 1. The van der Waals surface area contributed by atoms with Gasteiger partial charge in [0.15, 0.2) is 0 Å². The normalized spacial score (nSPS) is 20.3. The molecule has 1 aromatic rings. The Balaban J connectivity index is 2.06. The molecule has 1 heterocycles. The second-order valence-corrected chi connectivity index (χ2v) is 5.72. The maximum absolute atomic E-state index is 5.73. The van der Waals surface area contributed by atoms with Gasteiger partial charge >= 0.3 is 0 Å². The second-order valence-electron chi connectivity index (χ2n) is 5.72. The number of benzene rings is 1. The summed E-state index contributed by atoms with van der Waals surface area (Å²) < 4.78 is 5.73. The average Bonchev–Trinajstić information content (AvgIpc) is 2.38. The Morgan fingerprint density at radius 3 is 2.83 bits per heavy atom. The van der Waals surface area contributed by atoms with Crippen molar-refractivity contribution in [3.63, 3.8) is 0 Å². The Hall–Kier alpha value is -1.02. The second kappa shape index (κ2) is 6.24. The quantitative estimate of drug-likeness (QED) is 0.858. The number of rotatable bonds is 5. The highest BCUT2D eigenvalue weighted by molar-refractivity contribution is 5.37. The van der Waals surface area contributed by atoms with E-state index in [0.717, 1.165) is 24.7 Å². The molecule has 18 heavy (non-hydrogen) atoms. The first-order valence-corrected chi connectivity index (χ1v) is 7.09. The minimum atomic E-state index is 0.612. The summed E-state index contributed by atoms with van der Waals surface area (Å²) >= 11 is 0. The third kappa shape index (κ3) is 3.26. The summed E-state index contributed by atoms with van der Waals surface area (Å²) in [6.07, 6.45) is 3.61. The van der Waals surface area contributed by atoms with Crippen LogP contribution in [0.4, 0.5) is 0 Å². The van der Waals surface area contributed by atoms with E-state index in [9.17, 15) is 0 Å². The first-order valence-electron chi connectivity index (χ1n) is 7.09. The number of hydrogen-bond donors (Lipinski definition) is 1. The van der Waals surface area contributed by atoms with Crippen molar-refractivity contribution in [2.24, 2.45) is 5.92 Å². The van der Waals surface area contributed by atoms with E-state index < -0.39 is 0 Å². The van der Waals surface area contributed by atoms with Gasteiger partial charge in [0, 0.05) is 6.04 Å². The van der Waals surface area contributed by atoms with Crippen LogP contribution >= 0.6 is 0 Å². The Labute approximate surface area is 111 Å². The molecule has 0 fully saturated rings. The van der Waals surface area contributed by atoms with Crippen LogP contribution in [-0.4, -0.2) is 19.7 Å². The van der Waals surface area contributed by atoms with Gasteiger partial charge in [0.1, 0.15) is 5.75 Å². The van der Waals surface area contributed by atoms with Gasteiger partial charge in [0.2, 0.25) is 0 Å². The SMILES string of the molecule is CNC(CC(C)C)CC1CCOc2ccccc21. The number of fused-ring (bicyclic) bond motifs is 1. The van der Waals surface area contributed by atoms with E-state index >= 15 is 0 Å². The summed E-state index contributed by atoms with van der Waals surface area (Å²) in [6, 6.07) is 9.11. The Morgan fingerprint density at radius 1 is 1.33 bits per heavy atom. The summed E-state index contributed by atoms with van der Waals surface area (Å²) in [4.78, 5) is 0. The molecule has 0 bridgehead atoms. The zero-order valence-electron chi connectivity index (χ0n) is 11.8. The van der Waals surface area contributed by atoms with Gasteiger partial charge in [0.05, 0.1) is 6.61 Å². The monoisotopic (exact) mass is 247 g/mol. The molecule has 0 aliphatic carbocycles. The van der Waals surface area contributed by atoms with Crippen molar-refractivity contribution in [3.05, 3.63) is 29.8 Å². The van der Waals surface area contributed by atoms with E-state index in [1.165, 1.54) is 18.4 Å². The van der Waals surface area contributed by atoms with Gasteiger partial charge in [-0.1, -0.05) is 32.0 Å². The molecule has 1 N–H and O–H groups in total. The maximum Gasteiger partial charge on any atom is 0.122 e. The molecule has 2 nitrogen and oxygen atoms in total. The van der Waals surface area contributed by atoms with E-state index in [4.69, 9.17) is 4.74 Å². The van der Waals surface area contributed by atoms with Crippen LogP contribution in [0, 0.1) is 5.92 Å². The fourth-order valence-electron chi connectivity index (χ4n) is 2.91. The molecule has 1 aliphatic rings. The molecule has 1 aliphatic heterocycles. The van der Waals surface area contributed by atoms with Crippen LogP contribution in [0.5, 0.6) is 5.75 Å². The van der Waals surface area contributed by atoms with Gasteiger partial charge in [-0.3, -0.25) is 0 Å². The molecule has 0 spiro atoms. The molecule has 2 heteroatoms. The minimum absolute atomic E-state index is 0.612. The summed E-state index contributed by atoms with van der Waals surface area (Å²) in [5.74, 6) is 2.48. The number of nitrogens with one attached hydrogen (secondary N) is 1. The lowest BCUT2D eigenvalue weighted by molar-refractivity contribution is 0.252. The standard InChI is InChI=1S/C16H25NO/c1-12(2)10-14(17-3)11-13-8-9-18-16-7-5-4-6-15(13)16/h4-7,12-14,17H,8-11H2,1-3H3. The van der Waals surface area contributed by atoms with Crippen LogP contribution in [0.1, 0.15) is 44.6 Å². The van der Waals surface area contributed by atoms with Crippen molar-refractivity contribution in [1.29, 1.82) is 0 Å². The summed E-state index contributed by atoms with van der Waals surface area (Å²) in [5.41, 5.74) is 1.40. The summed E-state index contributed by atoms with van der Waals surface area (Å²) in [5, 5.41) is 3.47. The maximum atomic E-state index is 5.73. The third-order valence-corrected chi connectivity index (χ3v) is 3.82. The van der Waals surface area contributed by atoms with Gasteiger partial charge < -0.3 is 10.1 Å². The molecule has 2 unspecified atom stereocenters. The van der Waals surface area contributed by atoms with Crippen molar-refractivity contribution in [3.8, 4) is 5.75 Å². The Morgan fingerprint density at radius 2 is 2.11 bits per heavy atom. The molecule has 2 atom stereocenters. The van der Waals surface area contributed by atoms with Crippen LogP contribution in [0.15, 0.2) is 24.3 Å². The van der Waals surface area contributed by atoms with Crippen LogP contribution < -0.4 is 10.1 Å². The van der Waals surface area contributed by atoms with E-state index in [2.05, 4.69) is 50.5 Å².